The van der Waals surface area contributed by atoms with E-state index in [2.05, 4.69) is 21.0 Å². The molecule has 0 aliphatic heterocycles. The smallest absolute Gasteiger partial charge is 0.130 e. The summed E-state index contributed by atoms with van der Waals surface area (Å²) in [6.07, 6.45) is 1.76. The van der Waals surface area contributed by atoms with E-state index < -0.39 is 0 Å². The van der Waals surface area contributed by atoms with Gasteiger partial charge in [0.2, 0.25) is 0 Å². The van der Waals surface area contributed by atoms with Gasteiger partial charge in [-0.3, -0.25) is 4.68 Å². The number of benzene rings is 1. The van der Waals surface area contributed by atoms with Crippen molar-refractivity contribution in [3.05, 3.63) is 46.7 Å². The van der Waals surface area contributed by atoms with Crippen LogP contribution in [-0.2, 0) is 13.7 Å². The molecule has 0 unspecified atom stereocenters. The van der Waals surface area contributed by atoms with Crippen molar-refractivity contribution in [1.29, 1.82) is 0 Å². The van der Waals surface area contributed by atoms with Crippen LogP contribution in [-0.4, -0.2) is 9.78 Å². The maximum atomic E-state index is 5.60. The fourth-order valence-electron chi connectivity index (χ4n) is 1.23. The largest absolute Gasteiger partial charge is 0.487 e. The lowest BCUT2D eigenvalue weighted by molar-refractivity contribution is 0.295. The standard InChI is InChI=1S/C11H11BrN2O/c1-14-10(6-7-13-14)8-15-11-4-2-9(12)3-5-11/h2-7H,8H2,1H3. The van der Waals surface area contributed by atoms with Gasteiger partial charge in [-0.25, -0.2) is 0 Å². The van der Waals surface area contributed by atoms with Crippen molar-refractivity contribution in [3.63, 3.8) is 0 Å². The zero-order valence-electron chi connectivity index (χ0n) is 8.35. The number of aromatic nitrogens is 2. The van der Waals surface area contributed by atoms with Crippen molar-refractivity contribution in [3.8, 4) is 5.75 Å². The summed E-state index contributed by atoms with van der Waals surface area (Å²) >= 11 is 3.38. The second kappa shape index (κ2) is 4.49. The highest BCUT2D eigenvalue weighted by atomic mass is 79.9. The molecule has 0 aliphatic rings. The first-order chi connectivity index (χ1) is 7.25. The summed E-state index contributed by atoms with van der Waals surface area (Å²) < 4.78 is 8.46. The minimum Gasteiger partial charge on any atom is -0.487 e. The van der Waals surface area contributed by atoms with Crippen molar-refractivity contribution in [2.75, 3.05) is 0 Å². The van der Waals surface area contributed by atoms with Crippen LogP contribution in [0.4, 0.5) is 0 Å². The number of nitrogens with zero attached hydrogens (tertiary/aromatic N) is 2. The molecular formula is C11H11BrN2O. The first-order valence-electron chi connectivity index (χ1n) is 4.61. The van der Waals surface area contributed by atoms with Gasteiger partial charge in [0.15, 0.2) is 0 Å². The monoisotopic (exact) mass is 266 g/mol. The van der Waals surface area contributed by atoms with Crippen LogP contribution in [0.15, 0.2) is 41.0 Å². The molecule has 15 heavy (non-hydrogen) atoms. The predicted octanol–water partition coefficient (Wildman–Crippen LogP) is 2.76. The first kappa shape index (κ1) is 10.2. The molecular weight excluding hydrogens is 256 g/mol. The molecule has 0 bridgehead atoms. The van der Waals surface area contributed by atoms with Gasteiger partial charge in [-0.2, -0.15) is 5.10 Å². The van der Waals surface area contributed by atoms with E-state index in [0.29, 0.717) is 6.61 Å². The summed E-state index contributed by atoms with van der Waals surface area (Å²) in [5, 5.41) is 4.07. The van der Waals surface area contributed by atoms with E-state index in [-0.39, 0.29) is 0 Å². The van der Waals surface area contributed by atoms with E-state index in [1.807, 2.05) is 37.4 Å². The van der Waals surface area contributed by atoms with Crippen molar-refractivity contribution < 1.29 is 4.74 Å². The summed E-state index contributed by atoms with van der Waals surface area (Å²) in [5.74, 6) is 0.861. The van der Waals surface area contributed by atoms with Gasteiger partial charge in [-0.05, 0) is 30.3 Å². The van der Waals surface area contributed by atoms with Crippen molar-refractivity contribution in [1.82, 2.24) is 9.78 Å². The third kappa shape index (κ3) is 2.59. The highest BCUT2D eigenvalue weighted by Crippen LogP contribution is 2.17. The van der Waals surface area contributed by atoms with Crippen molar-refractivity contribution >= 4 is 15.9 Å². The molecule has 0 saturated carbocycles. The molecule has 0 amide bonds. The van der Waals surface area contributed by atoms with E-state index >= 15 is 0 Å². The van der Waals surface area contributed by atoms with E-state index in [0.717, 1.165) is 15.9 Å². The second-order valence-corrected chi connectivity index (χ2v) is 4.10. The molecule has 1 aromatic heterocycles. The number of hydrogen-bond donors (Lipinski definition) is 0. The number of rotatable bonds is 3. The van der Waals surface area contributed by atoms with Gasteiger partial charge >= 0.3 is 0 Å². The molecule has 0 aliphatic carbocycles. The third-order valence-electron chi connectivity index (χ3n) is 2.12. The average molecular weight is 267 g/mol. The molecule has 1 aromatic carbocycles. The zero-order chi connectivity index (χ0) is 10.7. The molecule has 2 aromatic rings. The molecule has 0 spiro atoms. The van der Waals surface area contributed by atoms with Crippen molar-refractivity contribution in [2.45, 2.75) is 6.61 Å². The van der Waals surface area contributed by atoms with Crippen LogP contribution in [0, 0.1) is 0 Å². The second-order valence-electron chi connectivity index (χ2n) is 3.19. The summed E-state index contributed by atoms with van der Waals surface area (Å²) in [6.45, 7) is 0.540. The molecule has 0 fully saturated rings. The maximum absolute atomic E-state index is 5.60. The van der Waals surface area contributed by atoms with E-state index in [4.69, 9.17) is 4.74 Å². The molecule has 78 valence electrons. The Kier molecular flexibility index (Phi) is 3.06. The van der Waals surface area contributed by atoms with Crippen LogP contribution in [0.1, 0.15) is 5.69 Å². The molecule has 0 atom stereocenters. The van der Waals surface area contributed by atoms with Crippen LogP contribution in [0.25, 0.3) is 0 Å². The normalized spacial score (nSPS) is 10.3. The number of halogens is 1. The van der Waals surface area contributed by atoms with Crippen LogP contribution < -0.4 is 4.74 Å². The Balaban J connectivity index is 1.99. The Morgan fingerprint density at radius 1 is 1.27 bits per heavy atom. The minimum absolute atomic E-state index is 0.540. The number of hydrogen-bond acceptors (Lipinski definition) is 2. The lowest BCUT2D eigenvalue weighted by Crippen LogP contribution is -2.02. The van der Waals surface area contributed by atoms with Gasteiger partial charge in [0.1, 0.15) is 12.4 Å². The highest BCUT2D eigenvalue weighted by molar-refractivity contribution is 9.10. The Morgan fingerprint density at radius 2 is 2.00 bits per heavy atom. The highest BCUT2D eigenvalue weighted by Gasteiger charge is 1.99. The van der Waals surface area contributed by atoms with E-state index in [1.54, 1.807) is 10.9 Å². The third-order valence-corrected chi connectivity index (χ3v) is 2.65. The quantitative estimate of drug-likeness (QED) is 0.855. The van der Waals surface area contributed by atoms with Gasteiger partial charge < -0.3 is 4.74 Å². The van der Waals surface area contributed by atoms with Gasteiger partial charge in [0, 0.05) is 17.7 Å². The Morgan fingerprint density at radius 3 is 2.60 bits per heavy atom. The fourth-order valence-corrected chi connectivity index (χ4v) is 1.50. The zero-order valence-corrected chi connectivity index (χ0v) is 9.94. The van der Waals surface area contributed by atoms with E-state index in [9.17, 15) is 0 Å². The molecule has 4 heteroatoms. The van der Waals surface area contributed by atoms with Crippen LogP contribution in [0.2, 0.25) is 0 Å². The van der Waals surface area contributed by atoms with E-state index in [1.165, 1.54) is 0 Å². The molecule has 1 heterocycles. The summed E-state index contributed by atoms with van der Waals surface area (Å²) in [6, 6.07) is 9.72. The molecule has 2 rings (SSSR count). The Hall–Kier alpha value is -1.29. The Labute approximate surface area is 96.8 Å². The fraction of sp³-hybridized carbons (Fsp3) is 0.182. The van der Waals surface area contributed by atoms with Gasteiger partial charge in [-0.15, -0.1) is 0 Å². The lowest BCUT2D eigenvalue weighted by Gasteiger charge is -2.06. The van der Waals surface area contributed by atoms with Gasteiger partial charge in [0.25, 0.3) is 0 Å². The predicted molar refractivity (Wildman–Crippen MR) is 61.7 cm³/mol. The number of aryl methyl sites for hydroxylation is 1. The molecule has 3 nitrogen and oxygen atoms in total. The Bertz CT molecular complexity index is 436. The molecule has 0 saturated heterocycles. The summed E-state index contributed by atoms with van der Waals surface area (Å²) in [5.41, 5.74) is 1.05. The van der Waals surface area contributed by atoms with Crippen LogP contribution >= 0.6 is 15.9 Å². The average Bonchev–Trinajstić information content (AvgIpc) is 2.63. The summed E-state index contributed by atoms with van der Waals surface area (Å²) in [4.78, 5) is 0. The summed E-state index contributed by atoms with van der Waals surface area (Å²) in [7, 11) is 1.90. The molecule has 0 radical (unpaired) electrons. The SMILES string of the molecule is Cn1nccc1COc1ccc(Br)cc1. The van der Waals surface area contributed by atoms with Crippen LogP contribution in [0.3, 0.4) is 0 Å². The number of ether oxygens (including phenoxy) is 1. The topological polar surface area (TPSA) is 27.1 Å². The van der Waals surface area contributed by atoms with Gasteiger partial charge in [-0.1, -0.05) is 15.9 Å². The maximum Gasteiger partial charge on any atom is 0.130 e. The minimum atomic E-state index is 0.540. The lowest BCUT2D eigenvalue weighted by atomic mass is 10.3. The molecule has 0 N–H and O–H groups in total. The van der Waals surface area contributed by atoms with Crippen molar-refractivity contribution in [2.24, 2.45) is 7.05 Å². The first-order valence-corrected chi connectivity index (χ1v) is 5.40. The van der Waals surface area contributed by atoms with Gasteiger partial charge in [0.05, 0.1) is 5.69 Å². The van der Waals surface area contributed by atoms with Crippen LogP contribution in [0.5, 0.6) is 5.75 Å².